The van der Waals surface area contributed by atoms with Gasteiger partial charge in [-0.2, -0.15) is 0 Å². The molecule has 0 aliphatic carbocycles. The molecule has 0 atom stereocenters. The van der Waals surface area contributed by atoms with Crippen molar-refractivity contribution in [1.29, 1.82) is 0 Å². The van der Waals surface area contributed by atoms with Crippen LogP contribution in [0.3, 0.4) is 0 Å². The largest absolute Gasteiger partial charge is 0.352 e. The van der Waals surface area contributed by atoms with Crippen LogP contribution in [0.5, 0.6) is 0 Å². The van der Waals surface area contributed by atoms with E-state index in [1.807, 2.05) is 32.0 Å². The number of benzene rings is 1. The molecule has 0 bridgehead atoms. The van der Waals surface area contributed by atoms with Crippen molar-refractivity contribution < 1.29 is 4.79 Å². The van der Waals surface area contributed by atoms with Crippen LogP contribution in [0.2, 0.25) is 0 Å². The first-order valence-corrected chi connectivity index (χ1v) is 5.99. The van der Waals surface area contributed by atoms with Gasteiger partial charge in [0.1, 0.15) is 0 Å². The van der Waals surface area contributed by atoms with Gasteiger partial charge in [-0.1, -0.05) is 17.7 Å². The van der Waals surface area contributed by atoms with Gasteiger partial charge >= 0.3 is 0 Å². The number of aryl methyl sites for hydroxylation is 2. The molecule has 2 N–H and O–H groups in total. The Balaban J connectivity index is 1.93. The topological polar surface area (TPSA) is 57.8 Å². The molecule has 0 radical (unpaired) electrons. The summed E-state index contributed by atoms with van der Waals surface area (Å²) in [5.41, 5.74) is 3.87. The molecule has 1 aromatic heterocycles. The van der Waals surface area contributed by atoms with Crippen LogP contribution in [0.1, 0.15) is 27.2 Å². The van der Waals surface area contributed by atoms with Crippen LogP contribution in [-0.4, -0.2) is 22.4 Å². The van der Waals surface area contributed by atoms with Gasteiger partial charge < -0.3 is 10.3 Å². The standard InChI is InChI=1S/C14H17N3O/c1-10-3-4-11(2)13(7-10)14(18)16-6-5-12-8-15-9-17-12/h3-4,7-9H,5-6H2,1-2H3,(H,15,17)(H,16,18). The van der Waals surface area contributed by atoms with Crippen molar-refractivity contribution in [2.24, 2.45) is 0 Å². The van der Waals surface area contributed by atoms with Crippen molar-refractivity contribution in [3.05, 3.63) is 53.1 Å². The Labute approximate surface area is 106 Å². The fourth-order valence-corrected chi connectivity index (χ4v) is 1.81. The van der Waals surface area contributed by atoms with Crippen molar-refractivity contribution in [2.75, 3.05) is 6.54 Å². The molecule has 4 nitrogen and oxygen atoms in total. The van der Waals surface area contributed by atoms with Crippen molar-refractivity contribution in [3.63, 3.8) is 0 Å². The van der Waals surface area contributed by atoms with Crippen LogP contribution in [0.4, 0.5) is 0 Å². The number of nitrogens with one attached hydrogen (secondary N) is 2. The number of H-pyrrole nitrogens is 1. The average Bonchev–Trinajstić information content (AvgIpc) is 2.85. The lowest BCUT2D eigenvalue weighted by Gasteiger charge is -2.08. The molecular formula is C14H17N3O. The molecule has 1 heterocycles. The van der Waals surface area contributed by atoms with Crippen LogP contribution in [-0.2, 0) is 6.42 Å². The molecule has 0 aliphatic rings. The summed E-state index contributed by atoms with van der Waals surface area (Å²) in [5.74, 6) is -0.0179. The third kappa shape index (κ3) is 2.97. The van der Waals surface area contributed by atoms with Gasteiger partial charge in [0.25, 0.3) is 5.91 Å². The molecule has 0 saturated heterocycles. The van der Waals surface area contributed by atoms with E-state index in [0.717, 1.165) is 28.8 Å². The molecule has 2 rings (SSSR count). The van der Waals surface area contributed by atoms with E-state index in [4.69, 9.17) is 0 Å². The highest BCUT2D eigenvalue weighted by Gasteiger charge is 2.08. The van der Waals surface area contributed by atoms with Gasteiger partial charge in [0.2, 0.25) is 0 Å². The molecule has 94 valence electrons. The maximum atomic E-state index is 12.0. The van der Waals surface area contributed by atoms with Gasteiger partial charge in [-0.3, -0.25) is 4.79 Å². The number of imidazole rings is 1. The summed E-state index contributed by atoms with van der Waals surface area (Å²) < 4.78 is 0. The predicted molar refractivity (Wildman–Crippen MR) is 70.5 cm³/mol. The zero-order valence-electron chi connectivity index (χ0n) is 10.7. The first-order chi connectivity index (χ1) is 8.66. The Morgan fingerprint density at radius 2 is 2.22 bits per heavy atom. The van der Waals surface area contributed by atoms with E-state index in [2.05, 4.69) is 15.3 Å². The second-order valence-corrected chi connectivity index (χ2v) is 4.40. The van der Waals surface area contributed by atoms with E-state index in [0.29, 0.717) is 6.54 Å². The van der Waals surface area contributed by atoms with E-state index >= 15 is 0 Å². The summed E-state index contributed by atoms with van der Waals surface area (Å²) in [6.45, 7) is 4.54. The monoisotopic (exact) mass is 243 g/mol. The zero-order valence-corrected chi connectivity index (χ0v) is 10.7. The maximum absolute atomic E-state index is 12.0. The third-order valence-corrected chi connectivity index (χ3v) is 2.87. The number of hydrogen-bond donors (Lipinski definition) is 2. The molecule has 18 heavy (non-hydrogen) atoms. The summed E-state index contributed by atoms with van der Waals surface area (Å²) in [7, 11) is 0. The number of amides is 1. The van der Waals surface area contributed by atoms with E-state index < -0.39 is 0 Å². The minimum absolute atomic E-state index is 0.0179. The Hall–Kier alpha value is -2.10. The molecule has 1 amide bonds. The number of nitrogens with zero attached hydrogens (tertiary/aromatic N) is 1. The quantitative estimate of drug-likeness (QED) is 0.863. The Kier molecular flexibility index (Phi) is 3.77. The highest BCUT2D eigenvalue weighted by Crippen LogP contribution is 2.10. The van der Waals surface area contributed by atoms with Crippen LogP contribution in [0.25, 0.3) is 0 Å². The molecule has 0 aliphatic heterocycles. The predicted octanol–water partition coefficient (Wildman–Crippen LogP) is 2.00. The number of aromatic amines is 1. The second kappa shape index (κ2) is 5.49. The number of carbonyl (C=O) groups is 1. The van der Waals surface area contributed by atoms with Gasteiger partial charge in [-0.25, -0.2) is 4.98 Å². The molecule has 4 heteroatoms. The number of rotatable bonds is 4. The van der Waals surface area contributed by atoms with Gasteiger partial charge in [-0.05, 0) is 25.5 Å². The minimum atomic E-state index is -0.0179. The van der Waals surface area contributed by atoms with E-state index in [1.54, 1.807) is 12.5 Å². The second-order valence-electron chi connectivity index (χ2n) is 4.40. The maximum Gasteiger partial charge on any atom is 0.251 e. The lowest BCUT2D eigenvalue weighted by atomic mass is 10.1. The van der Waals surface area contributed by atoms with Crippen LogP contribution < -0.4 is 5.32 Å². The lowest BCUT2D eigenvalue weighted by molar-refractivity contribution is 0.0953. The number of carbonyl (C=O) groups excluding carboxylic acids is 1. The number of hydrogen-bond acceptors (Lipinski definition) is 2. The number of aromatic nitrogens is 2. The highest BCUT2D eigenvalue weighted by molar-refractivity contribution is 5.95. The van der Waals surface area contributed by atoms with Gasteiger partial charge in [0.15, 0.2) is 0 Å². The third-order valence-electron chi connectivity index (χ3n) is 2.87. The van der Waals surface area contributed by atoms with Gasteiger partial charge in [0, 0.05) is 30.4 Å². The molecular weight excluding hydrogens is 226 g/mol. The Morgan fingerprint density at radius 3 is 2.94 bits per heavy atom. The summed E-state index contributed by atoms with van der Waals surface area (Å²) in [5, 5.41) is 2.92. The zero-order chi connectivity index (χ0) is 13.0. The normalized spacial score (nSPS) is 10.3. The first-order valence-electron chi connectivity index (χ1n) is 5.99. The lowest BCUT2D eigenvalue weighted by Crippen LogP contribution is -2.26. The summed E-state index contributed by atoms with van der Waals surface area (Å²) >= 11 is 0. The van der Waals surface area contributed by atoms with Crippen LogP contribution in [0.15, 0.2) is 30.7 Å². The smallest absolute Gasteiger partial charge is 0.251 e. The molecule has 0 fully saturated rings. The minimum Gasteiger partial charge on any atom is -0.352 e. The molecule has 1 aromatic carbocycles. The van der Waals surface area contributed by atoms with Crippen LogP contribution in [0, 0.1) is 13.8 Å². The van der Waals surface area contributed by atoms with Crippen molar-refractivity contribution in [2.45, 2.75) is 20.3 Å². The van der Waals surface area contributed by atoms with Gasteiger partial charge in [0.05, 0.1) is 6.33 Å². The molecule has 0 unspecified atom stereocenters. The summed E-state index contributed by atoms with van der Waals surface area (Å²) in [6, 6.07) is 5.90. The van der Waals surface area contributed by atoms with Crippen molar-refractivity contribution in [3.8, 4) is 0 Å². The van der Waals surface area contributed by atoms with Gasteiger partial charge in [-0.15, -0.1) is 0 Å². The molecule has 0 spiro atoms. The van der Waals surface area contributed by atoms with E-state index in [9.17, 15) is 4.79 Å². The van der Waals surface area contributed by atoms with E-state index in [1.165, 1.54) is 0 Å². The summed E-state index contributed by atoms with van der Waals surface area (Å²) in [4.78, 5) is 19.0. The Bertz CT molecular complexity index is 532. The molecule has 0 saturated carbocycles. The fraction of sp³-hybridized carbons (Fsp3) is 0.286. The van der Waals surface area contributed by atoms with Crippen LogP contribution >= 0.6 is 0 Å². The average molecular weight is 243 g/mol. The summed E-state index contributed by atoms with van der Waals surface area (Å²) in [6.07, 6.45) is 4.17. The van der Waals surface area contributed by atoms with Crippen molar-refractivity contribution >= 4 is 5.91 Å². The Morgan fingerprint density at radius 1 is 1.39 bits per heavy atom. The molecule has 2 aromatic rings. The fourth-order valence-electron chi connectivity index (χ4n) is 1.81. The van der Waals surface area contributed by atoms with Crippen molar-refractivity contribution in [1.82, 2.24) is 15.3 Å². The van der Waals surface area contributed by atoms with E-state index in [-0.39, 0.29) is 5.91 Å². The SMILES string of the molecule is Cc1ccc(C)c(C(=O)NCCc2cnc[nH]2)c1. The highest BCUT2D eigenvalue weighted by atomic mass is 16.1. The first kappa shape index (κ1) is 12.4.